The molecule has 0 spiro atoms. The van der Waals surface area contributed by atoms with Crippen LogP contribution in [-0.4, -0.2) is 7.11 Å². The molecule has 0 saturated carbocycles. The standard InChI is InChI=1S/C8H10O2/c1-6-4-5-8(10-6)7(2)9-3/h4-5H,2H2,1,3H3. The van der Waals surface area contributed by atoms with Crippen LogP contribution < -0.4 is 0 Å². The van der Waals surface area contributed by atoms with Gasteiger partial charge in [-0.1, -0.05) is 6.58 Å². The molecule has 1 rings (SSSR count). The Morgan fingerprint density at radius 2 is 2.30 bits per heavy atom. The minimum Gasteiger partial charge on any atom is -0.493 e. The van der Waals surface area contributed by atoms with Gasteiger partial charge in [0.15, 0.2) is 11.5 Å². The number of methoxy groups -OCH3 is 1. The van der Waals surface area contributed by atoms with Gasteiger partial charge in [-0.15, -0.1) is 0 Å². The Hall–Kier alpha value is -1.18. The van der Waals surface area contributed by atoms with E-state index in [-0.39, 0.29) is 0 Å². The second kappa shape index (κ2) is 2.60. The van der Waals surface area contributed by atoms with Gasteiger partial charge in [-0.2, -0.15) is 0 Å². The van der Waals surface area contributed by atoms with Crippen LogP contribution in [0, 0.1) is 6.92 Å². The van der Waals surface area contributed by atoms with Gasteiger partial charge >= 0.3 is 0 Å². The Balaban J connectivity index is 2.85. The lowest BCUT2D eigenvalue weighted by molar-refractivity contribution is 0.351. The predicted molar refractivity (Wildman–Crippen MR) is 39.5 cm³/mol. The highest BCUT2D eigenvalue weighted by Gasteiger charge is 2.01. The molecule has 0 bridgehead atoms. The smallest absolute Gasteiger partial charge is 0.168 e. The van der Waals surface area contributed by atoms with E-state index in [1.54, 1.807) is 7.11 Å². The second-order valence-corrected chi connectivity index (χ2v) is 2.04. The monoisotopic (exact) mass is 138 g/mol. The third-order valence-corrected chi connectivity index (χ3v) is 1.26. The maximum absolute atomic E-state index is 5.21. The SMILES string of the molecule is C=C(OC)c1ccc(C)o1. The Labute approximate surface area is 60.1 Å². The highest BCUT2D eigenvalue weighted by Crippen LogP contribution is 2.15. The van der Waals surface area contributed by atoms with Crippen molar-refractivity contribution in [3.05, 3.63) is 30.2 Å². The fourth-order valence-electron chi connectivity index (χ4n) is 0.685. The molecule has 0 fully saturated rings. The summed E-state index contributed by atoms with van der Waals surface area (Å²) in [5.74, 6) is 2.13. The van der Waals surface area contributed by atoms with Crippen molar-refractivity contribution in [2.45, 2.75) is 6.92 Å². The molecule has 10 heavy (non-hydrogen) atoms. The van der Waals surface area contributed by atoms with Crippen molar-refractivity contribution in [3.63, 3.8) is 0 Å². The maximum Gasteiger partial charge on any atom is 0.168 e. The minimum atomic E-state index is 0.563. The van der Waals surface area contributed by atoms with Gasteiger partial charge < -0.3 is 9.15 Å². The second-order valence-electron chi connectivity index (χ2n) is 2.04. The lowest BCUT2D eigenvalue weighted by Gasteiger charge is -1.97. The highest BCUT2D eigenvalue weighted by molar-refractivity contribution is 5.51. The highest BCUT2D eigenvalue weighted by atomic mass is 16.5. The van der Waals surface area contributed by atoms with Crippen LogP contribution in [0.2, 0.25) is 0 Å². The van der Waals surface area contributed by atoms with E-state index in [9.17, 15) is 0 Å². The summed E-state index contributed by atoms with van der Waals surface area (Å²) in [5, 5.41) is 0. The first-order chi connectivity index (χ1) is 4.74. The number of rotatable bonds is 2. The first-order valence-electron chi connectivity index (χ1n) is 3.03. The molecule has 0 atom stereocenters. The topological polar surface area (TPSA) is 22.4 Å². The molecule has 1 aromatic rings. The fourth-order valence-corrected chi connectivity index (χ4v) is 0.685. The number of furan rings is 1. The van der Waals surface area contributed by atoms with Gasteiger partial charge in [0.2, 0.25) is 0 Å². The zero-order valence-corrected chi connectivity index (χ0v) is 6.18. The Bertz CT molecular complexity index is 235. The van der Waals surface area contributed by atoms with Crippen LogP contribution in [0.15, 0.2) is 23.1 Å². The molecule has 2 nitrogen and oxygen atoms in total. The van der Waals surface area contributed by atoms with Crippen LogP contribution in [0.1, 0.15) is 11.5 Å². The van der Waals surface area contributed by atoms with Crippen LogP contribution >= 0.6 is 0 Å². The van der Waals surface area contributed by atoms with Gasteiger partial charge in [0.05, 0.1) is 7.11 Å². The molecule has 1 heterocycles. The molecule has 0 aromatic carbocycles. The molecule has 2 heteroatoms. The van der Waals surface area contributed by atoms with Crippen molar-refractivity contribution in [2.24, 2.45) is 0 Å². The predicted octanol–water partition coefficient (Wildman–Crippen LogP) is 2.21. The number of hydrogen-bond acceptors (Lipinski definition) is 2. The summed E-state index contributed by atoms with van der Waals surface area (Å²) in [6.45, 7) is 5.52. The third kappa shape index (κ3) is 1.21. The molecule has 0 aliphatic rings. The van der Waals surface area contributed by atoms with Gasteiger partial charge in [-0.25, -0.2) is 0 Å². The summed E-state index contributed by atoms with van der Waals surface area (Å²) in [5.41, 5.74) is 0. The molecule has 0 aliphatic carbocycles. The van der Waals surface area contributed by atoms with Gasteiger partial charge in [-0.05, 0) is 19.1 Å². The molecular formula is C8H10O2. The van der Waals surface area contributed by atoms with E-state index in [2.05, 4.69) is 6.58 Å². The van der Waals surface area contributed by atoms with Crippen LogP contribution in [0.5, 0.6) is 0 Å². The average Bonchev–Trinajstić information content (AvgIpc) is 2.34. The summed E-state index contributed by atoms with van der Waals surface area (Å²) in [4.78, 5) is 0. The normalized spacial score (nSPS) is 9.40. The molecule has 54 valence electrons. The van der Waals surface area contributed by atoms with Gasteiger partial charge in [0, 0.05) is 0 Å². The van der Waals surface area contributed by atoms with E-state index in [1.165, 1.54) is 0 Å². The average molecular weight is 138 g/mol. The first kappa shape index (κ1) is 6.93. The summed E-state index contributed by atoms with van der Waals surface area (Å²) >= 11 is 0. The quantitative estimate of drug-likeness (QED) is 0.584. The van der Waals surface area contributed by atoms with Crippen molar-refractivity contribution < 1.29 is 9.15 Å². The number of ether oxygens (including phenoxy) is 1. The van der Waals surface area contributed by atoms with Crippen LogP contribution in [0.3, 0.4) is 0 Å². The zero-order valence-electron chi connectivity index (χ0n) is 6.18. The van der Waals surface area contributed by atoms with E-state index < -0.39 is 0 Å². The largest absolute Gasteiger partial charge is 0.493 e. The Morgan fingerprint density at radius 3 is 2.70 bits per heavy atom. The Kier molecular flexibility index (Phi) is 1.81. The zero-order chi connectivity index (χ0) is 7.56. The van der Waals surface area contributed by atoms with E-state index in [0.717, 1.165) is 5.76 Å². The van der Waals surface area contributed by atoms with E-state index in [4.69, 9.17) is 9.15 Å². The summed E-state index contributed by atoms with van der Waals surface area (Å²) in [7, 11) is 1.57. The van der Waals surface area contributed by atoms with E-state index >= 15 is 0 Å². The molecule has 0 amide bonds. The fraction of sp³-hybridized carbons (Fsp3) is 0.250. The molecular weight excluding hydrogens is 128 g/mol. The van der Waals surface area contributed by atoms with E-state index in [1.807, 2.05) is 19.1 Å². The molecule has 0 saturated heterocycles. The molecule has 0 radical (unpaired) electrons. The molecule has 0 aliphatic heterocycles. The molecule has 0 N–H and O–H groups in total. The molecule has 1 aromatic heterocycles. The van der Waals surface area contributed by atoms with Gasteiger partial charge in [0.25, 0.3) is 0 Å². The van der Waals surface area contributed by atoms with Crippen molar-refractivity contribution in [2.75, 3.05) is 7.11 Å². The lowest BCUT2D eigenvalue weighted by Crippen LogP contribution is -1.79. The Morgan fingerprint density at radius 1 is 1.60 bits per heavy atom. The summed E-state index contributed by atoms with van der Waals surface area (Å²) in [6, 6.07) is 3.71. The van der Waals surface area contributed by atoms with Crippen LogP contribution in [-0.2, 0) is 4.74 Å². The van der Waals surface area contributed by atoms with Crippen molar-refractivity contribution in [1.82, 2.24) is 0 Å². The maximum atomic E-state index is 5.21. The summed E-state index contributed by atoms with van der Waals surface area (Å²) in [6.07, 6.45) is 0. The molecule has 0 unspecified atom stereocenters. The van der Waals surface area contributed by atoms with Crippen molar-refractivity contribution in [1.29, 1.82) is 0 Å². The van der Waals surface area contributed by atoms with Crippen LogP contribution in [0.4, 0.5) is 0 Å². The van der Waals surface area contributed by atoms with Crippen molar-refractivity contribution in [3.8, 4) is 0 Å². The minimum absolute atomic E-state index is 0.563. The van der Waals surface area contributed by atoms with Crippen molar-refractivity contribution >= 4 is 5.76 Å². The van der Waals surface area contributed by atoms with E-state index in [0.29, 0.717) is 11.5 Å². The lowest BCUT2D eigenvalue weighted by atomic mass is 10.4. The number of hydrogen-bond donors (Lipinski definition) is 0. The van der Waals surface area contributed by atoms with Gasteiger partial charge in [-0.3, -0.25) is 0 Å². The number of aryl methyl sites for hydroxylation is 1. The summed E-state index contributed by atoms with van der Waals surface area (Å²) < 4.78 is 10.1. The third-order valence-electron chi connectivity index (χ3n) is 1.26. The van der Waals surface area contributed by atoms with Crippen LogP contribution in [0.25, 0.3) is 5.76 Å². The first-order valence-corrected chi connectivity index (χ1v) is 3.03. The van der Waals surface area contributed by atoms with Gasteiger partial charge in [0.1, 0.15) is 5.76 Å².